The zero-order chi connectivity index (χ0) is 24.4. The maximum atomic E-state index is 12.1. The van der Waals surface area contributed by atoms with Crippen LogP contribution in [-0.4, -0.2) is 37.1 Å². The Morgan fingerprint density at radius 1 is 1.03 bits per heavy atom. The maximum absolute atomic E-state index is 12.1. The monoisotopic (exact) mass is 477 g/mol. The number of nitrogens with zero attached hydrogens (tertiary/aromatic N) is 2. The Balaban J connectivity index is 1.06. The van der Waals surface area contributed by atoms with Crippen LogP contribution in [0.4, 0.5) is 0 Å². The van der Waals surface area contributed by atoms with E-state index in [-0.39, 0.29) is 17.8 Å². The first-order valence-corrected chi connectivity index (χ1v) is 12.8. The van der Waals surface area contributed by atoms with Crippen LogP contribution in [0.1, 0.15) is 55.8 Å². The van der Waals surface area contributed by atoms with Crippen molar-refractivity contribution in [3.63, 3.8) is 0 Å². The van der Waals surface area contributed by atoms with Gasteiger partial charge in [0.15, 0.2) is 0 Å². The van der Waals surface area contributed by atoms with Crippen LogP contribution in [0, 0.1) is 11.8 Å². The minimum Gasteiger partial charge on any atom is -0.491 e. The summed E-state index contributed by atoms with van der Waals surface area (Å²) in [6.07, 6.45) is 5.74. The van der Waals surface area contributed by atoms with E-state index in [4.69, 9.17) is 4.74 Å². The molecule has 4 fully saturated rings. The van der Waals surface area contributed by atoms with Crippen molar-refractivity contribution in [1.29, 1.82) is 0 Å². The standard InChI is InChI=1S/C28H35N3O4/c1-30-23-8-5-21(10-24(23)31(2)26(30)33)25(32)16-35-22-6-3-18(4-7-22)15-29-27-11-19-9-20(12-27)14-28(34,13-19)17-27/h3-8,10,19-20,25,29,32,34H,9,11-17H2,1-2H3. The Kier molecular flexibility index (Phi) is 5.36. The van der Waals surface area contributed by atoms with Gasteiger partial charge in [-0.3, -0.25) is 9.13 Å². The van der Waals surface area contributed by atoms with Gasteiger partial charge in [0, 0.05) is 26.2 Å². The van der Waals surface area contributed by atoms with Crippen LogP contribution < -0.4 is 15.7 Å². The van der Waals surface area contributed by atoms with Gasteiger partial charge in [-0.2, -0.15) is 0 Å². The molecule has 7 nitrogen and oxygen atoms in total. The van der Waals surface area contributed by atoms with Crippen LogP contribution in [0.5, 0.6) is 5.75 Å². The zero-order valence-electron chi connectivity index (χ0n) is 20.5. The van der Waals surface area contributed by atoms with Crippen LogP contribution in [0.25, 0.3) is 11.0 Å². The lowest BCUT2D eigenvalue weighted by Gasteiger charge is -2.60. The van der Waals surface area contributed by atoms with Crippen molar-refractivity contribution in [1.82, 2.24) is 14.5 Å². The molecular weight excluding hydrogens is 442 g/mol. The van der Waals surface area contributed by atoms with Crippen molar-refractivity contribution in [2.24, 2.45) is 25.9 Å². The fraction of sp³-hybridized carbons (Fsp3) is 0.536. The molecular formula is C28H35N3O4. The summed E-state index contributed by atoms with van der Waals surface area (Å²) >= 11 is 0. The molecule has 1 heterocycles. The van der Waals surface area contributed by atoms with Gasteiger partial charge in [-0.1, -0.05) is 18.2 Å². The quantitative estimate of drug-likeness (QED) is 0.487. The largest absolute Gasteiger partial charge is 0.491 e. The van der Waals surface area contributed by atoms with Gasteiger partial charge in [0.25, 0.3) is 0 Å². The second kappa shape index (κ2) is 8.22. The van der Waals surface area contributed by atoms with Crippen LogP contribution in [0.3, 0.4) is 0 Å². The fourth-order valence-electron chi connectivity index (χ4n) is 7.42. The Morgan fingerprint density at radius 2 is 1.71 bits per heavy atom. The summed E-state index contributed by atoms with van der Waals surface area (Å²) in [6, 6.07) is 13.6. The Hall–Kier alpha value is -2.61. The van der Waals surface area contributed by atoms with Gasteiger partial charge in [-0.05, 0) is 85.8 Å². The number of aliphatic hydroxyl groups is 2. The van der Waals surface area contributed by atoms with E-state index in [9.17, 15) is 15.0 Å². The van der Waals surface area contributed by atoms with Crippen molar-refractivity contribution < 1.29 is 14.9 Å². The first kappa shape index (κ1) is 22.8. The second-order valence-corrected chi connectivity index (χ2v) is 11.4. The fourth-order valence-corrected chi connectivity index (χ4v) is 7.42. The number of nitrogens with one attached hydrogen (secondary N) is 1. The molecule has 0 aliphatic heterocycles. The zero-order valence-corrected chi connectivity index (χ0v) is 20.5. The van der Waals surface area contributed by atoms with E-state index < -0.39 is 11.7 Å². The second-order valence-electron chi connectivity index (χ2n) is 11.4. The highest BCUT2D eigenvalue weighted by Gasteiger charge is 2.56. The van der Waals surface area contributed by atoms with E-state index in [0.717, 1.165) is 42.4 Å². The van der Waals surface area contributed by atoms with E-state index in [1.54, 1.807) is 23.2 Å². The van der Waals surface area contributed by atoms with Gasteiger partial charge < -0.3 is 20.3 Å². The summed E-state index contributed by atoms with van der Waals surface area (Å²) in [5.41, 5.74) is 3.08. The number of rotatable bonds is 7. The number of ether oxygens (including phenoxy) is 1. The lowest BCUT2D eigenvalue weighted by molar-refractivity contribution is -0.142. The first-order chi connectivity index (χ1) is 16.7. The molecule has 4 bridgehead atoms. The minimum atomic E-state index is -0.794. The SMILES string of the molecule is Cn1c(=O)n(C)c2cc(C(O)COc3ccc(CNC45CC6CC(CC(O)(C6)C4)C5)cc3)ccc21. The molecule has 7 heteroatoms. The average Bonchev–Trinajstić information content (AvgIpc) is 3.04. The number of fused-ring (bicyclic) bond motifs is 1. The summed E-state index contributed by atoms with van der Waals surface area (Å²) in [7, 11) is 3.48. The van der Waals surface area contributed by atoms with Gasteiger partial charge in [0.1, 0.15) is 18.5 Å². The highest BCUT2D eigenvalue weighted by molar-refractivity contribution is 5.77. The molecule has 0 radical (unpaired) electrons. The Labute approximate surface area is 205 Å². The van der Waals surface area contributed by atoms with E-state index in [1.807, 2.05) is 30.3 Å². The third-order valence-corrected chi connectivity index (χ3v) is 8.71. The summed E-state index contributed by atoms with van der Waals surface area (Å²) in [5, 5.41) is 25.5. The molecule has 3 unspecified atom stereocenters. The summed E-state index contributed by atoms with van der Waals surface area (Å²) < 4.78 is 9.05. The van der Waals surface area contributed by atoms with Crippen LogP contribution >= 0.6 is 0 Å². The van der Waals surface area contributed by atoms with E-state index in [0.29, 0.717) is 17.6 Å². The third-order valence-electron chi connectivity index (χ3n) is 8.71. The number of aromatic nitrogens is 2. The van der Waals surface area contributed by atoms with Gasteiger partial charge in [0.05, 0.1) is 16.6 Å². The molecule has 4 saturated carbocycles. The smallest absolute Gasteiger partial charge is 0.328 e. The molecule has 0 spiro atoms. The predicted molar refractivity (Wildman–Crippen MR) is 134 cm³/mol. The molecule has 0 saturated heterocycles. The minimum absolute atomic E-state index is 0.0848. The van der Waals surface area contributed by atoms with Crippen LogP contribution in [0.2, 0.25) is 0 Å². The van der Waals surface area contributed by atoms with E-state index >= 15 is 0 Å². The molecule has 4 aliphatic rings. The van der Waals surface area contributed by atoms with E-state index in [2.05, 4.69) is 17.4 Å². The van der Waals surface area contributed by atoms with E-state index in [1.165, 1.54) is 24.8 Å². The number of aryl methyl sites for hydroxylation is 2. The van der Waals surface area contributed by atoms with Crippen LogP contribution in [0.15, 0.2) is 47.3 Å². The molecule has 3 atom stereocenters. The highest BCUT2D eigenvalue weighted by Crippen LogP contribution is 2.57. The van der Waals surface area contributed by atoms with Gasteiger partial charge in [-0.25, -0.2) is 4.79 Å². The summed E-state index contributed by atoms with van der Waals surface area (Å²) in [6.45, 7) is 0.919. The molecule has 2 aromatic carbocycles. The van der Waals surface area contributed by atoms with Gasteiger partial charge in [-0.15, -0.1) is 0 Å². The predicted octanol–water partition coefficient (Wildman–Crippen LogP) is 3.16. The molecule has 3 N–H and O–H groups in total. The highest BCUT2D eigenvalue weighted by atomic mass is 16.5. The topological polar surface area (TPSA) is 88.7 Å². The van der Waals surface area contributed by atoms with Crippen molar-refractivity contribution in [2.45, 2.75) is 62.3 Å². The molecule has 0 amide bonds. The number of hydrogen-bond donors (Lipinski definition) is 3. The Bertz CT molecular complexity index is 1290. The number of imidazole rings is 1. The molecule has 1 aromatic heterocycles. The maximum Gasteiger partial charge on any atom is 0.328 e. The van der Waals surface area contributed by atoms with Crippen molar-refractivity contribution in [2.75, 3.05) is 6.61 Å². The number of benzene rings is 2. The molecule has 7 rings (SSSR count). The normalized spacial score (nSPS) is 30.2. The van der Waals surface area contributed by atoms with Crippen molar-refractivity contribution >= 4 is 11.0 Å². The molecule has 35 heavy (non-hydrogen) atoms. The Morgan fingerprint density at radius 3 is 2.40 bits per heavy atom. The third kappa shape index (κ3) is 4.09. The lowest BCUT2D eigenvalue weighted by atomic mass is 9.51. The molecule has 186 valence electrons. The van der Waals surface area contributed by atoms with Gasteiger partial charge >= 0.3 is 5.69 Å². The summed E-state index contributed by atoms with van der Waals surface area (Å²) in [5.74, 6) is 2.05. The number of aliphatic hydroxyl groups excluding tert-OH is 1. The molecule has 4 aliphatic carbocycles. The van der Waals surface area contributed by atoms with Crippen LogP contribution in [-0.2, 0) is 20.6 Å². The van der Waals surface area contributed by atoms with Crippen molar-refractivity contribution in [3.05, 3.63) is 64.1 Å². The summed E-state index contributed by atoms with van der Waals surface area (Å²) in [4.78, 5) is 12.1. The lowest BCUT2D eigenvalue weighted by Crippen LogP contribution is -2.64. The number of hydrogen-bond acceptors (Lipinski definition) is 5. The molecule has 3 aromatic rings. The first-order valence-electron chi connectivity index (χ1n) is 12.8. The van der Waals surface area contributed by atoms with Crippen molar-refractivity contribution in [3.8, 4) is 5.75 Å². The average molecular weight is 478 g/mol. The van der Waals surface area contributed by atoms with Gasteiger partial charge in [0.2, 0.25) is 0 Å².